The fourth-order valence-corrected chi connectivity index (χ4v) is 3.14. The van der Waals surface area contributed by atoms with E-state index in [1.807, 2.05) is 30.9 Å². The summed E-state index contributed by atoms with van der Waals surface area (Å²) in [5, 5.41) is 3.81. The molecule has 1 fully saturated rings. The van der Waals surface area contributed by atoms with Crippen LogP contribution in [0.25, 0.3) is 0 Å². The molecule has 2 rings (SSSR count). The molecule has 2 atom stereocenters. The van der Waals surface area contributed by atoms with Crippen molar-refractivity contribution in [3.63, 3.8) is 0 Å². The van der Waals surface area contributed by atoms with Gasteiger partial charge >= 0.3 is 0 Å². The van der Waals surface area contributed by atoms with Crippen LogP contribution in [0.3, 0.4) is 0 Å². The van der Waals surface area contributed by atoms with Gasteiger partial charge in [-0.05, 0) is 13.1 Å². The van der Waals surface area contributed by atoms with Gasteiger partial charge in [0.25, 0.3) is 0 Å². The maximum absolute atomic E-state index is 5.42. The minimum absolute atomic E-state index is 0.492. The van der Waals surface area contributed by atoms with Crippen molar-refractivity contribution >= 4 is 11.8 Å². The lowest BCUT2D eigenvalue weighted by atomic mass is 10.0. The third-order valence-corrected chi connectivity index (χ3v) is 4.43. The molecule has 0 spiro atoms. The molecule has 3 nitrogen and oxygen atoms in total. The van der Waals surface area contributed by atoms with E-state index in [0.717, 1.165) is 17.3 Å². The summed E-state index contributed by atoms with van der Waals surface area (Å²) in [6, 6.07) is 6.58. The second-order valence-electron chi connectivity index (χ2n) is 3.76. The normalized spacial score (nSPS) is 23.7. The summed E-state index contributed by atoms with van der Waals surface area (Å²) >= 11 is 1.95. The summed E-state index contributed by atoms with van der Waals surface area (Å²) in [7, 11) is 5.38. The molecule has 2 unspecified atom stereocenters. The molecule has 1 heterocycles. The van der Waals surface area contributed by atoms with E-state index < -0.39 is 0 Å². The van der Waals surface area contributed by atoms with E-state index in [2.05, 4.69) is 11.4 Å². The molecule has 0 radical (unpaired) electrons. The van der Waals surface area contributed by atoms with Gasteiger partial charge in [0.2, 0.25) is 0 Å². The molecule has 1 aliphatic rings. The van der Waals surface area contributed by atoms with Crippen LogP contribution in [0.2, 0.25) is 0 Å². The lowest BCUT2D eigenvalue weighted by Crippen LogP contribution is -2.40. The minimum Gasteiger partial charge on any atom is -0.497 e. The Morgan fingerprint density at radius 1 is 1.31 bits per heavy atom. The molecule has 1 N–H and O–H groups in total. The van der Waals surface area contributed by atoms with Crippen LogP contribution in [0.5, 0.6) is 11.5 Å². The molecule has 0 saturated carbocycles. The molecule has 0 aliphatic carbocycles. The third kappa shape index (κ3) is 1.99. The van der Waals surface area contributed by atoms with Crippen LogP contribution in [-0.4, -0.2) is 33.1 Å². The molecular weight excluding hydrogens is 222 g/mol. The average Bonchev–Trinajstić information content (AvgIpc) is 2.29. The van der Waals surface area contributed by atoms with Gasteiger partial charge in [-0.3, -0.25) is 0 Å². The first-order valence-corrected chi connectivity index (χ1v) is 6.35. The van der Waals surface area contributed by atoms with Crippen LogP contribution < -0.4 is 14.8 Å². The van der Waals surface area contributed by atoms with Gasteiger partial charge in [0.05, 0.1) is 14.2 Å². The van der Waals surface area contributed by atoms with Gasteiger partial charge in [0.1, 0.15) is 11.5 Å². The lowest BCUT2D eigenvalue weighted by molar-refractivity contribution is 0.388. The Hall–Kier alpha value is -0.870. The number of hydrogen-bond donors (Lipinski definition) is 1. The van der Waals surface area contributed by atoms with E-state index in [1.54, 1.807) is 14.2 Å². The van der Waals surface area contributed by atoms with Crippen LogP contribution in [0.4, 0.5) is 0 Å². The lowest BCUT2D eigenvalue weighted by Gasteiger charge is -2.36. The fourth-order valence-electron chi connectivity index (χ4n) is 1.88. The van der Waals surface area contributed by atoms with Crippen molar-refractivity contribution in [3.05, 3.63) is 23.8 Å². The van der Waals surface area contributed by atoms with Crippen molar-refractivity contribution in [3.8, 4) is 11.5 Å². The van der Waals surface area contributed by atoms with E-state index >= 15 is 0 Å². The van der Waals surface area contributed by atoms with Gasteiger partial charge in [0, 0.05) is 28.7 Å². The molecule has 0 bridgehead atoms. The van der Waals surface area contributed by atoms with Gasteiger partial charge in [0.15, 0.2) is 0 Å². The van der Waals surface area contributed by atoms with E-state index in [0.29, 0.717) is 11.3 Å². The molecule has 1 aliphatic heterocycles. The van der Waals surface area contributed by atoms with E-state index in [-0.39, 0.29) is 0 Å². The van der Waals surface area contributed by atoms with Crippen LogP contribution in [0.15, 0.2) is 18.2 Å². The zero-order valence-corrected chi connectivity index (χ0v) is 10.6. The van der Waals surface area contributed by atoms with E-state index in [9.17, 15) is 0 Å². The number of ether oxygens (including phenoxy) is 2. The maximum atomic E-state index is 5.42. The largest absolute Gasteiger partial charge is 0.497 e. The Balaban J connectivity index is 2.26. The number of likely N-dealkylation sites (N-methyl/N-ethyl adjacent to an activating group) is 1. The first kappa shape index (κ1) is 11.6. The van der Waals surface area contributed by atoms with Gasteiger partial charge in [-0.2, -0.15) is 11.8 Å². The molecule has 1 aromatic carbocycles. The molecule has 4 heteroatoms. The van der Waals surface area contributed by atoms with Crippen molar-refractivity contribution < 1.29 is 9.47 Å². The van der Waals surface area contributed by atoms with Crippen LogP contribution in [-0.2, 0) is 0 Å². The smallest absolute Gasteiger partial charge is 0.126 e. The number of methoxy groups -OCH3 is 2. The van der Waals surface area contributed by atoms with Crippen LogP contribution in [0.1, 0.15) is 10.8 Å². The first-order valence-electron chi connectivity index (χ1n) is 5.31. The van der Waals surface area contributed by atoms with Gasteiger partial charge in [-0.1, -0.05) is 6.07 Å². The summed E-state index contributed by atoms with van der Waals surface area (Å²) in [6.07, 6.45) is 0. The number of benzene rings is 1. The van der Waals surface area contributed by atoms with Crippen LogP contribution in [0, 0.1) is 0 Å². The standard InChI is InChI=1S/C12H17NO2S/c1-13-10-7-16-12(10)9-5-4-8(14-2)6-11(9)15-3/h4-6,10,12-13H,7H2,1-3H3. The van der Waals surface area contributed by atoms with Gasteiger partial charge < -0.3 is 14.8 Å². The van der Waals surface area contributed by atoms with Crippen molar-refractivity contribution in [1.29, 1.82) is 0 Å². The Bertz CT molecular complexity index is 368. The molecule has 16 heavy (non-hydrogen) atoms. The number of rotatable bonds is 4. The molecule has 0 amide bonds. The predicted molar refractivity (Wildman–Crippen MR) is 67.6 cm³/mol. The van der Waals surface area contributed by atoms with Crippen molar-refractivity contribution in [2.75, 3.05) is 27.0 Å². The molecular formula is C12H17NO2S. The summed E-state index contributed by atoms with van der Waals surface area (Å²) in [6.45, 7) is 0. The predicted octanol–water partition coefficient (Wildman–Crippen LogP) is 2.08. The number of nitrogens with one attached hydrogen (secondary N) is 1. The Labute approximate surface area is 101 Å². The molecule has 0 aromatic heterocycles. The first-order chi connectivity index (χ1) is 7.80. The molecule has 1 saturated heterocycles. The second-order valence-corrected chi connectivity index (χ2v) is 4.93. The second kappa shape index (κ2) is 4.97. The SMILES string of the molecule is CNC1CSC1c1ccc(OC)cc1OC. The maximum Gasteiger partial charge on any atom is 0.126 e. The van der Waals surface area contributed by atoms with E-state index in [1.165, 1.54) is 5.56 Å². The highest BCUT2D eigenvalue weighted by atomic mass is 32.2. The third-order valence-electron chi connectivity index (χ3n) is 2.94. The Morgan fingerprint density at radius 2 is 2.12 bits per heavy atom. The Kier molecular flexibility index (Phi) is 3.61. The quantitative estimate of drug-likeness (QED) is 0.871. The highest BCUT2D eigenvalue weighted by Crippen LogP contribution is 2.46. The zero-order valence-electron chi connectivity index (χ0n) is 9.82. The molecule has 1 aromatic rings. The fraction of sp³-hybridized carbons (Fsp3) is 0.500. The van der Waals surface area contributed by atoms with Gasteiger partial charge in [-0.25, -0.2) is 0 Å². The van der Waals surface area contributed by atoms with Crippen molar-refractivity contribution in [1.82, 2.24) is 5.32 Å². The average molecular weight is 239 g/mol. The summed E-state index contributed by atoms with van der Waals surface area (Å²) in [5.41, 5.74) is 1.25. The zero-order chi connectivity index (χ0) is 11.5. The monoisotopic (exact) mass is 239 g/mol. The van der Waals surface area contributed by atoms with Gasteiger partial charge in [-0.15, -0.1) is 0 Å². The van der Waals surface area contributed by atoms with Crippen molar-refractivity contribution in [2.45, 2.75) is 11.3 Å². The summed E-state index contributed by atoms with van der Waals surface area (Å²) in [4.78, 5) is 0. The summed E-state index contributed by atoms with van der Waals surface area (Å²) < 4.78 is 10.6. The summed E-state index contributed by atoms with van der Waals surface area (Å²) in [5.74, 6) is 2.92. The number of thioether (sulfide) groups is 1. The Morgan fingerprint density at radius 3 is 2.62 bits per heavy atom. The minimum atomic E-state index is 0.492. The highest BCUT2D eigenvalue weighted by molar-refractivity contribution is 8.01. The van der Waals surface area contributed by atoms with E-state index in [4.69, 9.17) is 9.47 Å². The molecule has 88 valence electrons. The number of hydrogen-bond acceptors (Lipinski definition) is 4. The topological polar surface area (TPSA) is 30.5 Å². The van der Waals surface area contributed by atoms with Crippen molar-refractivity contribution in [2.24, 2.45) is 0 Å². The van der Waals surface area contributed by atoms with Crippen LogP contribution >= 0.6 is 11.8 Å². The highest BCUT2D eigenvalue weighted by Gasteiger charge is 2.33.